The second kappa shape index (κ2) is 6.53. The Morgan fingerprint density at radius 2 is 2.15 bits per heavy atom. The molecule has 7 heteroatoms. The lowest BCUT2D eigenvalue weighted by molar-refractivity contribution is -0.137. The first-order valence-electron chi connectivity index (χ1n) is 6.48. The van der Waals surface area contributed by atoms with E-state index in [1.165, 1.54) is 12.3 Å². The number of amides is 1. The molecule has 2 rings (SSSR count). The maximum atomic E-state index is 12.1. The highest BCUT2D eigenvalue weighted by atomic mass is 16.5. The van der Waals surface area contributed by atoms with E-state index in [2.05, 4.69) is 5.32 Å². The number of furan rings is 1. The fourth-order valence-corrected chi connectivity index (χ4v) is 1.98. The van der Waals surface area contributed by atoms with Gasteiger partial charge in [-0.15, -0.1) is 0 Å². The molecular weight excluding hydrogens is 264 g/mol. The van der Waals surface area contributed by atoms with E-state index in [0.29, 0.717) is 38.6 Å². The van der Waals surface area contributed by atoms with E-state index in [4.69, 9.17) is 14.3 Å². The fraction of sp³-hybridized carbons (Fsp3) is 0.538. The number of carbonyl (C=O) groups is 2. The molecule has 1 aliphatic heterocycles. The van der Waals surface area contributed by atoms with E-state index < -0.39 is 5.97 Å². The zero-order chi connectivity index (χ0) is 14.5. The van der Waals surface area contributed by atoms with Gasteiger partial charge >= 0.3 is 5.97 Å². The van der Waals surface area contributed by atoms with Gasteiger partial charge in [-0.2, -0.15) is 0 Å². The van der Waals surface area contributed by atoms with Gasteiger partial charge in [-0.05, 0) is 13.0 Å². The smallest absolute Gasteiger partial charge is 0.338 e. The number of ether oxygens (including phenoxy) is 1. The van der Waals surface area contributed by atoms with Crippen LogP contribution in [-0.4, -0.2) is 54.2 Å². The number of nitrogens with zero attached hydrogens (tertiary/aromatic N) is 1. The summed E-state index contributed by atoms with van der Waals surface area (Å²) in [7, 11) is 0. The van der Waals surface area contributed by atoms with Crippen LogP contribution >= 0.6 is 0 Å². The van der Waals surface area contributed by atoms with Gasteiger partial charge in [0.15, 0.2) is 0 Å². The molecule has 7 nitrogen and oxygen atoms in total. The highest BCUT2D eigenvalue weighted by molar-refractivity contribution is 5.87. The van der Waals surface area contributed by atoms with E-state index in [1.54, 1.807) is 11.8 Å². The molecule has 0 bridgehead atoms. The van der Waals surface area contributed by atoms with Crippen LogP contribution < -0.4 is 5.32 Å². The summed E-state index contributed by atoms with van der Waals surface area (Å²) in [5, 5.41) is 11.8. The third kappa shape index (κ3) is 3.58. The summed E-state index contributed by atoms with van der Waals surface area (Å²) >= 11 is 0. The van der Waals surface area contributed by atoms with Crippen molar-refractivity contribution >= 4 is 11.9 Å². The predicted molar refractivity (Wildman–Crippen MR) is 69.4 cm³/mol. The molecule has 0 spiro atoms. The summed E-state index contributed by atoms with van der Waals surface area (Å²) in [5.41, 5.74) is 0.106. The number of carboxylic acid groups (broad SMARTS) is 1. The topological polar surface area (TPSA) is 92.0 Å². The van der Waals surface area contributed by atoms with Gasteiger partial charge < -0.3 is 19.2 Å². The molecule has 2 N–H and O–H groups in total. The van der Waals surface area contributed by atoms with Crippen molar-refractivity contribution in [2.24, 2.45) is 0 Å². The number of morpholine rings is 1. The number of hydrogen-bond acceptors (Lipinski definition) is 5. The molecule has 1 atom stereocenters. The van der Waals surface area contributed by atoms with Crippen molar-refractivity contribution in [3.8, 4) is 0 Å². The largest absolute Gasteiger partial charge is 0.478 e. The van der Waals surface area contributed by atoms with Crippen LogP contribution in [0.25, 0.3) is 0 Å². The summed E-state index contributed by atoms with van der Waals surface area (Å²) < 4.78 is 10.3. The number of carbonyl (C=O) groups excluding carboxylic acids is 1. The Morgan fingerprint density at radius 1 is 1.45 bits per heavy atom. The molecule has 1 amide bonds. The van der Waals surface area contributed by atoms with Crippen LogP contribution in [0.1, 0.15) is 23.0 Å². The van der Waals surface area contributed by atoms with Crippen molar-refractivity contribution < 1.29 is 23.8 Å². The molecule has 0 aliphatic carbocycles. The average Bonchev–Trinajstić information content (AvgIpc) is 2.94. The minimum atomic E-state index is -1.03. The SMILES string of the molecule is CC(NCc1cc(C(=O)O)co1)C(=O)N1CCOCC1. The van der Waals surface area contributed by atoms with Crippen molar-refractivity contribution in [3.63, 3.8) is 0 Å². The lowest BCUT2D eigenvalue weighted by Crippen LogP contribution is -2.49. The van der Waals surface area contributed by atoms with Crippen LogP contribution in [0, 0.1) is 0 Å². The van der Waals surface area contributed by atoms with Gasteiger partial charge in [0.25, 0.3) is 0 Å². The van der Waals surface area contributed by atoms with Crippen LogP contribution in [0.5, 0.6) is 0 Å². The Kier molecular flexibility index (Phi) is 4.75. The standard InChI is InChI=1S/C13H18N2O5/c1-9(12(16)15-2-4-19-5-3-15)14-7-11-6-10(8-20-11)13(17)18/h6,8-9,14H,2-5,7H2,1H3,(H,17,18). The maximum Gasteiger partial charge on any atom is 0.338 e. The van der Waals surface area contributed by atoms with Crippen molar-refractivity contribution in [3.05, 3.63) is 23.7 Å². The molecule has 110 valence electrons. The minimum Gasteiger partial charge on any atom is -0.478 e. The minimum absolute atomic E-state index is 0.0123. The zero-order valence-electron chi connectivity index (χ0n) is 11.3. The van der Waals surface area contributed by atoms with Gasteiger partial charge in [-0.25, -0.2) is 4.79 Å². The molecular formula is C13H18N2O5. The zero-order valence-corrected chi connectivity index (χ0v) is 11.3. The Balaban J connectivity index is 1.82. The number of carboxylic acids is 1. The molecule has 1 aromatic heterocycles. The summed E-state index contributed by atoms with van der Waals surface area (Å²) in [6.45, 7) is 4.43. The summed E-state index contributed by atoms with van der Waals surface area (Å²) in [6, 6.07) is 1.09. The Bertz CT molecular complexity index is 479. The van der Waals surface area contributed by atoms with E-state index in [-0.39, 0.29) is 17.5 Å². The molecule has 0 radical (unpaired) electrons. The second-order valence-corrected chi connectivity index (χ2v) is 4.65. The third-order valence-electron chi connectivity index (χ3n) is 3.18. The molecule has 0 saturated carbocycles. The highest BCUT2D eigenvalue weighted by Gasteiger charge is 2.22. The first-order valence-corrected chi connectivity index (χ1v) is 6.48. The van der Waals surface area contributed by atoms with Crippen LogP contribution in [-0.2, 0) is 16.1 Å². The molecule has 1 unspecified atom stereocenters. The number of rotatable bonds is 5. The molecule has 1 aromatic rings. The molecule has 1 saturated heterocycles. The van der Waals surface area contributed by atoms with Gasteiger partial charge in [-0.1, -0.05) is 0 Å². The number of aromatic carboxylic acids is 1. The summed E-state index contributed by atoms with van der Waals surface area (Å²) in [6.07, 6.45) is 1.19. The van der Waals surface area contributed by atoms with Crippen LogP contribution in [0.4, 0.5) is 0 Å². The number of nitrogens with one attached hydrogen (secondary N) is 1. The summed E-state index contributed by atoms with van der Waals surface area (Å²) in [4.78, 5) is 24.6. The van der Waals surface area contributed by atoms with Crippen LogP contribution in [0.2, 0.25) is 0 Å². The first-order chi connectivity index (χ1) is 9.58. The van der Waals surface area contributed by atoms with E-state index >= 15 is 0 Å². The summed E-state index contributed by atoms with van der Waals surface area (Å²) in [5.74, 6) is -0.528. The molecule has 1 aliphatic rings. The monoisotopic (exact) mass is 282 g/mol. The Labute approximate surface area is 116 Å². The van der Waals surface area contributed by atoms with Gasteiger partial charge in [0.1, 0.15) is 12.0 Å². The second-order valence-electron chi connectivity index (χ2n) is 4.65. The van der Waals surface area contributed by atoms with Gasteiger partial charge in [0.2, 0.25) is 5.91 Å². The van der Waals surface area contributed by atoms with Crippen molar-refractivity contribution in [1.82, 2.24) is 10.2 Å². The van der Waals surface area contributed by atoms with E-state index in [0.717, 1.165) is 0 Å². The van der Waals surface area contributed by atoms with E-state index in [9.17, 15) is 9.59 Å². The van der Waals surface area contributed by atoms with Crippen molar-refractivity contribution in [1.29, 1.82) is 0 Å². The number of hydrogen-bond donors (Lipinski definition) is 2. The maximum absolute atomic E-state index is 12.1. The lowest BCUT2D eigenvalue weighted by Gasteiger charge is -2.29. The van der Waals surface area contributed by atoms with Crippen LogP contribution in [0.3, 0.4) is 0 Å². The van der Waals surface area contributed by atoms with E-state index in [1.807, 2.05) is 0 Å². The average molecular weight is 282 g/mol. The van der Waals surface area contributed by atoms with Crippen molar-refractivity contribution in [2.45, 2.75) is 19.5 Å². The van der Waals surface area contributed by atoms with Crippen LogP contribution in [0.15, 0.2) is 16.7 Å². The molecule has 2 heterocycles. The fourth-order valence-electron chi connectivity index (χ4n) is 1.98. The lowest BCUT2D eigenvalue weighted by atomic mass is 10.2. The normalized spacial score (nSPS) is 16.9. The highest BCUT2D eigenvalue weighted by Crippen LogP contribution is 2.08. The van der Waals surface area contributed by atoms with Crippen molar-refractivity contribution in [2.75, 3.05) is 26.3 Å². The predicted octanol–water partition coefficient (Wildman–Crippen LogP) is 0.315. The first kappa shape index (κ1) is 14.5. The van der Waals surface area contributed by atoms with Gasteiger partial charge in [-0.3, -0.25) is 10.1 Å². The Hall–Kier alpha value is -1.86. The molecule has 20 heavy (non-hydrogen) atoms. The van der Waals surface area contributed by atoms with Gasteiger partial charge in [0.05, 0.1) is 31.4 Å². The molecule has 0 aromatic carbocycles. The Morgan fingerprint density at radius 3 is 2.75 bits per heavy atom. The van der Waals surface area contributed by atoms with Gasteiger partial charge in [0, 0.05) is 13.1 Å². The third-order valence-corrected chi connectivity index (χ3v) is 3.18. The quantitative estimate of drug-likeness (QED) is 0.808. The molecule has 1 fully saturated rings.